The molecule has 128 valence electrons. The number of nitrogens with one attached hydrogen (secondary N) is 2. The van der Waals surface area contributed by atoms with E-state index >= 15 is 0 Å². The van der Waals surface area contributed by atoms with Crippen molar-refractivity contribution in [2.75, 3.05) is 23.4 Å². The van der Waals surface area contributed by atoms with Crippen LogP contribution in [0.3, 0.4) is 0 Å². The van der Waals surface area contributed by atoms with E-state index in [0.717, 1.165) is 5.56 Å². The Kier molecular flexibility index (Phi) is 7.54. The molecule has 6 heteroatoms. The second kappa shape index (κ2) is 10.2. The highest BCUT2D eigenvalue weighted by Gasteiger charge is 2.05. The molecule has 0 atom stereocenters. The second-order valence-corrected chi connectivity index (χ2v) is 5.98. The molecule has 2 aromatic carbocycles. The smallest absolute Gasteiger partial charge is 0.234 e. The molecule has 2 N–H and O–H groups in total. The van der Waals surface area contributed by atoms with Gasteiger partial charge in [0, 0.05) is 11.3 Å². The van der Waals surface area contributed by atoms with Crippen molar-refractivity contribution in [3.63, 3.8) is 0 Å². The molecule has 0 aliphatic carbocycles. The fourth-order valence-electron chi connectivity index (χ4n) is 1.83. The zero-order valence-corrected chi connectivity index (χ0v) is 14.2. The van der Waals surface area contributed by atoms with Gasteiger partial charge in [0.25, 0.3) is 0 Å². The lowest BCUT2D eigenvalue weighted by atomic mass is 10.2. The maximum Gasteiger partial charge on any atom is 0.234 e. The molecular formula is C19H17FN2O2S. The van der Waals surface area contributed by atoms with Crippen molar-refractivity contribution in [1.82, 2.24) is 5.32 Å². The Labute approximate surface area is 150 Å². The van der Waals surface area contributed by atoms with Crippen LogP contribution in [0.15, 0.2) is 54.6 Å². The summed E-state index contributed by atoms with van der Waals surface area (Å²) in [7, 11) is 0. The zero-order chi connectivity index (χ0) is 17.9. The minimum absolute atomic E-state index is 0.139. The first kappa shape index (κ1) is 18.6. The monoisotopic (exact) mass is 356 g/mol. The van der Waals surface area contributed by atoms with Gasteiger partial charge in [-0.25, -0.2) is 4.39 Å². The molecule has 0 spiro atoms. The average molecular weight is 356 g/mol. The summed E-state index contributed by atoms with van der Waals surface area (Å²) in [5.74, 6) is 5.34. The Morgan fingerprint density at radius 3 is 2.36 bits per heavy atom. The van der Waals surface area contributed by atoms with Gasteiger partial charge in [-0.05, 0) is 36.4 Å². The van der Waals surface area contributed by atoms with E-state index in [1.54, 1.807) is 0 Å². The first-order chi connectivity index (χ1) is 12.1. The quantitative estimate of drug-likeness (QED) is 0.783. The maximum atomic E-state index is 12.8. The Balaban J connectivity index is 1.61. The normalized spacial score (nSPS) is 9.64. The summed E-state index contributed by atoms with van der Waals surface area (Å²) >= 11 is 1.20. The van der Waals surface area contributed by atoms with E-state index in [2.05, 4.69) is 22.5 Å². The van der Waals surface area contributed by atoms with Crippen LogP contribution in [0.25, 0.3) is 0 Å². The van der Waals surface area contributed by atoms with Gasteiger partial charge in [-0.1, -0.05) is 30.0 Å². The summed E-state index contributed by atoms with van der Waals surface area (Å²) in [5, 5.41) is 5.31. The number of thioether (sulfide) groups is 1. The van der Waals surface area contributed by atoms with Crippen LogP contribution >= 0.6 is 11.8 Å². The molecule has 4 nitrogen and oxygen atoms in total. The molecule has 0 fully saturated rings. The number of benzene rings is 2. The molecular weight excluding hydrogens is 339 g/mol. The SMILES string of the molecule is O=C(CSCC(=O)Nc1ccc(F)cc1)NCC#Cc1ccccc1. The molecule has 2 aromatic rings. The highest BCUT2D eigenvalue weighted by Crippen LogP contribution is 2.09. The molecule has 0 heterocycles. The molecule has 0 unspecified atom stereocenters. The first-order valence-corrected chi connectivity index (χ1v) is 8.73. The Hall–Kier alpha value is -2.78. The number of halogens is 1. The third kappa shape index (κ3) is 7.55. The molecule has 2 amide bonds. The number of hydrogen-bond donors (Lipinski definition) is 2. The van der Waals surface area contributed by atoms with Gasteiger partial charge in [0.1, 0.15) is 5.82 Å². The van der Waals surface area contributed by atoms with Gasteiger partial charge in [0.2, 0.25) is 11.8 Å². The highest BCUT2D eigenvalue weighted by atomic mass is 32.2. The van der Waals surface area contributed by atoms with E-state index in [0.29, 0.717) is 5.69 Å². The van der Waals surface area contributed by atoms with Gasteiger partial charge >= 0.3 is 0 Å². The average Bonchev–Trinajstić information content (AvgIpc) is 2.62. The number of carbonyl (C=O) groups is 2. The third-order valence-corrected chi connectivity index (χ3v) is 3.91. The van der Waals surface area contributed by atoms with Gasteiger partial charge in [0.05, 0.1) is 18.1 Å². The van der Waals surface area contributed by atoms with Crippen molar-refractivity contribution in [1.29, 1.82) is 0 Å². The summed E-state index contributed by atoms with van der Waals surface area (Å²) in [6, 6.07) is 15.0. The lowest BCUT2D eigenvalue weighted by Crippen LogP contribution is -2.26. The van der Waals surface area contributed by atoms with Crippen LogP contribution in [0.4, 0.5) is 10.1 Å². The van der Waals surface area contributed by atoms with E-state index in [9.17, 15) is 14.0 Å². The van der Waals surface area contributed by atoms with E-state index < -0.39 is 0 Å². The molecule has 0 bridgehead atoms. The fraction of sp³-hybridized carbons (Fsp3) is 0.158. The van der Waals surface area contributed by atoms with Gasteiger partial charge in [-0.15, -0.1) is 11.8 Å². The highest BCUT2D eigenvalue weighted by molar-refractivity contribution is 8.00. The zero-order valence-electron chi connectivity index (χ0n) is 13.4. The van der Waals surface area contributed by atoms with Crippen LogP contribution in [0.1, 0.15) is 5.56 Å². The predicted octanol–water partition coefficient (Wildman–Crippen LogP) is 2.67. The minimum Gasteiger partial charge on any atom is -0.344 e. The first-order valence-electron chi connectivity index (χ1n) is 7.57. The van der Waals surface area contributed by atoms with Crippen molar-refractivity contribution < 1.29 is 14.0 Å². The molecule has 0 saturated carbocycles. The van der Waals surface area contributed by atoms with E-state index in [1.807, 2.05) is 30.3 Å². The number of amides is 2. The Bertz CT molecular complexity index is 768. The van der Waals surface area contributed by atoms with Gasteiger partial charge in [0.15, 0.2) is 0 Å². The van der Waals surface area contributed by atoms with Crippen LogP contribution in [0.5, 0.6) is 0 Å². The Morgan fingerprint density at radius 2 is 1.64 bits per heavy atom. The summed E-state index contributed by atoms with van der Waals surface area (Å²) in [6.07, 6.45) is 0. The van der Waals surface area contributed by atoms with Crippen molar-refractivity contribution in [2.45, 2.75) is 0 Å². The van der Waals surface area contributed by atoms with Crippen molar-refractivity contribution in [3.8, 4) is 11.8 Å². The summed E-state index contributed by atoms with van der Waals surface area (Å²) in [5.41, 5.74) is 1.41. The van der Waals surface area contributed by atoms with E-state index in [1.165, 1.54) is 36.0 Å². The van der Waals surface area contributed by atoms with Crippen molar-refractivity contribution in [2.24, 2.45) is 0 Å². The van der Waals surface area contributed by atoms with E-state index in [-0.39, 0.29) is 35.7 Å². The molecule has 25 heavy (non-hydrogen) atoms. The van der Waals surface area contributed by atoms with Crippen LogP contribution in [0, 0.1) is 17.7 Å². The topological polar surface area (TPSA) is 58.2 Å². The number of anilines is 1. The van der Waals surface area contributed by atoms with Gasteiger partial charge < -0.3 is 10.6 Å². The molecule has 0 aromatic heterocycles. The van der Waals surface area contributed by atoms with Gasteiger partial charge in [-0.3, -0.25) is 9.59 Å². The van der Waals surface area contributed by atoms with Crippen LogP contribution in [-0.2, 0) is 9.59 Å². The number of hydrogen-bond acceptors (Lipinski definition) is 3. The number of rotatable bonds is 6. The summed E-state index contributed by atoms with van der Waals surface area (Å²) in [4.78, 5) is 23.4. The minimum atomic E-state index is -0.362. The lowest BCUT2D eigenvalue weighted by Gasteiger charge is -2.05. The maximum absolute atomic E-state index is 12.8. The van der Waals surface area contributed by atoms with Crippen molar-refractivity contribution >= 4 is 29.3 Å². The van der Waals surface area contributed by atoms with Crippen LogP contribution in [0.2, 0.25) is 0 Å². The molecule has 0 aliphatic heterocycles. The third-order valence-electron chi connectivity index (χ3n) is 2.97. The predicted molar refractivity (Wildman–Crippen MR) is 98.7 cm³/mol. The molecule has 2 rings (SSSR count). The number of carbonyl (C=O) groups excluding carboxylic acids is 2. The molecule has 0 aliphatic rings. The lowest BCUT2D eigenvalue weighted by molar-refractivity contribution is -0.118. The fourth-order valence-corrected chi connectivity index (χ4v) is 2.48. The van der Waals surface area contributed by atoms with Gasteiger partial charge in [-0.2, -0.15) is 0 Å². The van der Waals surface area contributed by atoms with E-state index in [4.69, 9.17) is 0 Å². The molecule has 0 radical (unpaired) electrons. The van der Waals surface area contributed by atoms with Crippen molar-refractivity contribution in [3.05, 3.63) is 66.0 Å². The standard InChI is InChI=1S/C19H17FN2O2S/c20-16-8-10-17(11-9-16)22-19(24)14-25-13-18(23)21-12-4-7-15-5-2-1-3-6-15/h1-3,5-6,8-11H,12-14H2,(H,21,23)(H,22,24). The largest absolute Gasteiger partial charge is 0.344 e. The summed E-state index contributed by atoms with van der Waals surface area (Å²) < 4.78 is 12.8. The summed E-state index contributed by atoms with van der Waals surface area (Å²) in [6.45, 7) is 0.260. The second-order valence-electron chi connectivity index (χ2n) is 4.99. The molecule has 0 saturated heterocycles. The van der Waals surface area contributed by atoms with Crippen LogP contribution < -0.4 is 10.6 Å². The Morgan fingerprint density at radius 1 is 0.960 bits per heavy atom. The van der Waals surface area contributed by atoms with Crippen LogP contribution in [-0.4, -0.2) is 29.9 Å².